The van der Waals surface area contributed by atoms with Crippen molar-refractivity contribution in [1.29, 1.82) is 0 Å². The van der Waals surface area contributed by atoms with Crippen molar-refractivity contribution in [2.45, 2.75) is 44.5 Å². The second-order valence-corrected chi connectivity index (χ2v) is 8.64. The number of amides is 2. The minimum absolute atomic E-state index is 0.144. The number of hydrogen-bond acceptors (Lipinski definition) is 8. The van der Waals surface area contributed by atoms with Crippen LogP contribution < -0.4 is 5.32 Å². The van der Waals surface area contributed by atoms with Crippen molar-refractivity contribution in [2.24, 2.45) is 5.16 Å². The van der Waals surface area contributed by atoms with Crippen LogP contribution in [0.15, 0.2) is 40.5 Å². The van der Waals surface area contributed by atoms with Crippen molar-refractivity contribution >= 4 is 17.7 Å². The second-order valence-electron chi connectivity index (χ2n) is 8.64. The molecule has 2 bridgehead atoms. The largest absolute Gasteiger partial charge is 0.507 e. The van der Waals surface area contributed by atoms with Crippen molar-refractivity contribution in [3.63, 3.8) is 0 Å². The monoisotopic (exact) mass is 510 g/mol. The number of nitrogens with one attached hydrogen (secondary N) is 1. The molecule has 36 heavy (non-hydrogen) atoms. The third kappa shape index (κ3) is 4.70. The van der Waals surface area contributed by atoms with Crippen LogP contribution in [-0.2, 0) is 25.7 Å². The molecule has 1 unspecified atom stereocenters. The summed E-state index contributed by atoms with van der Waals surface area (Å²) < 4.78 is 45.9. The van der Waals surface area contributed by atoms with Gasteiger partial charge in [-0.15, -0.1) is 0 Å². The first-order chi connectivity index (χ1) is 17.1. The summed E-state index contributed by atoms with van der Waals surface area (Å²) >= 11 is 0. The van der Waals surface area contributed by atoms with Gasteiger partial charge in [0, 0.05) is 49.8 Å². The normalized spacial score (nSPS) is 25.8. The van der Waals surface area contributed by atoms with Gasteiger partial charge in [0.2, 0.25) is 5.90 Å². The Bertz CT molecular complexity index is 1170. The fourth-order valence-corrected chi connectivity index (χ4v) is 4.29. The molecule has 10 nitrogen and oxygen atoms in total. The van der Waals surface area contributed by atoms with Gasteiger partial charge in [0.15, 0.2) is 17.4 Å². The van der Waals surface area contributed by atoms with E-state index in [2.05, 4.69) is 10.5 Å². The van der Waals surface area contributed by atoms with E-state index in [1.165, 1.54) is 18.2 Å². The number of fused-ring (bicyclic) bond motifs is 4. The van der Waals surface area contributed by atoms with E-state index in [9.17, 15) is 33.0 Å². The number of carbonyl (C=O) groups excluding carboxylic acids is 2. The number of nitrogens with zero attached hydrogens (tertiary/aromatic N) is 3. The number of hydrogen-bond donors (Lipinski definition) is 3. The molecule has 1 aromatic rings. The van der Waals surface area contributed by atoms with Gasteiger partial charge in [-0.05, 0) is 13.0 Å². The standard InChI is InChI=1S/C23H25F3N4O6/c1-11-3-4-36-28-18(35-2)6-13-9-29(11)23(34)19-21(32)20(31)14(10-30(13)19)22(33)27-8-12-5-16(25)17(26)7-15(12)24/h5,7,10-11,13,20,31-32H,3-4,6,8-9H2,1-2H3,(H,27,33)/b28-18+/t11-,13-,20?/m0/s1. The number of carbonyl (C=O) groups is 2. The van der Waals surface area contributed by atoms with Gasteiger partial charge in [-0.2, -0.15) is 0 Å². The molecule has 0 aromatic heterocycles. The SMILES string of the molecule is CO/C1=N/OCC[C@H](C)N2C[C@H](C1)N1C=C(C(=O)NCc3cc(F)c(F)cc3F)C(O)C(O)=C1C2=O. The van der Waals surface area contributed by atoms with Crippen molar-refractivity contribution in [3.05, 3.63) is 58.4 Å². The third-order valence-electron chi connectivity index (χ3n) is 6.36. The van der Waals surface area contributed by atoms with Crippen LogP contribution in [0.3, 0.4) is 0 Å². The van der Waals surface area contributed by atoms with Gasteiger partial charge in [-0.3, -0.25) is 9.59 Å². The number of benzene rings is 1. The van der Waals surface area contributed by atoms with Gasteiger partial charge in [0.25, 0.3) is 11.8 Å². The van der Waals surface area contributed by atoms with Crippen LogP contribution in [0.5, 0.6) is 0 Å². The highest BCUT2D eigenvalue weighted by Gasteiger charge is 2.45. The van der Waals surface area contributed by atoms with Gasteiger partial charge < -0.3 is 34.9 Å². The Morgan fingerprint density at radius 1 is 1.28 bits per heavy atom. The fourth-order valence-electron chi connectivity index (χ4n) is 4.29. The maximum atomic E-state index is 13.9. The van der Waals surface area contributed by atoms with E-state index in [0.29, 0.717) is 18.6 Å². The topological polar surface area (TPSA) is 124 Å². The number of piperazine rings is 1. The van der Waals surface area contributed by atoms with Crippen LogP contribution in [0.4, 0.5) is 13.2 Å². The van der Waals surface area contributed by atoms with Crippen molar-refractivity contribution < 1.29 is 42.5 Å². The van der Waals surface area contributed by atoms with Gasteiger partial charge in [0.05, 0.1) is 18.7 Å². The first-order valence-electron chi connectivity index (χ1n) is 11.2. The van der Waals surface area contributed by atoms with Gasteiger partial charge >= 0.3 is 0 Å². The fraction of sp³-hybridized carbons (Fsp3) is 0.435. The minimum Gasteiger partial charge on any atom is -0.507 e. The highest BCUT2D eigenvalue weighted by atomic mass is 19.2. The van der Waals surface area contributed by atoms with Gasteiger partial charge in [0.1, 0.15) is 24.2 Å². The molecule has 0 spiro atoms. The predicted octanol–water partition coefficient (Wildman–Crippen LogP) is 1.42. The highest BCUT2D eigenvalue weighted by molar-refractivity contribution is 5.99. The van der Waals surface area contributed by atoms with Crippen molar-refractivity contribution in [2.75, 3.05) is 20.3 Å². The lowest BCUT2D eigenvalue weighted by Crippen LogP contribution is -2.58. The smallest absolute Gasteiger partial charge is 0.274 e. The molecule has 3 atom stereocenters. The summed E-state index contributed by atoms with van der Waals surface area (Å²) in [7, 11) is 1.41. The van der Waals surface area contributed by atoms with Crippen LogP contribution in [-0.4, -0.2) is 76.2 Å². The van der Waals surface area contributed by atoms with E-state index >= 15 is 0 Å². The first kappa shape index (κ1) is 25.4. The molecule has 3 aliphatic rings. The molecule has 3 heterocycles. The van der Waals surface area contributed by atoms with E-state index in [1.54, 1.807) is 4.90 Å². The Morgan fingerprint density at radius 2 is 2.00 bits per heavy atom. The maximum absolute atomic E-state index is 13.9. The average Bonchev–Trinajstić information content (AvgIpc) is 2.85. The number of rotatable bonds is 3. The molecule has 0 aliphatic carbocycles. The molecule has 1 saturated heterocycles. The van der Waals surface area contributed by atoms with Crippen LogP contribution in [0.25, 0.3) is 0 Å². The molecular formula is C23H25F3N4O6. The molecule has 4 rings (SSSR count). The predicted molar refractivity (Wildman–Crippen MR) is 118 cm³/mol. The van der Waals surface area contributed by atoms with Crippen LogP contribution in [0, 0.1) is 17.5 Å². The first-order valence-corrected chi connectivity index (χ1v) is 11.2. The molecule has 3 N–H and O–H groups in total. The lowest BCUT2D eigenvalue weighted by Gasteiger charge is -2.46. The molecule has 13 heteroatoms. The van der Waals surface area contributed by atoms with Crippen LogP contribution in [0.1, 0.15) is 25.3 Å². The molecule has 2 amide bonds. The molecule has 0 radical (unpaired) electrons. The summed E-state index contributed by atoms with van der Waals surface area (Å²) in [6.45, 7) is 1.75. The summed E-state index contributed by atoms with van der Waals surface area (Å²) in [5, 5.41) is 27.7. The van der Waals surface area contributed by atoms with E-state index in [-0.39, 0.29) is 48.3 Å². The number of oxime groups is 1. The molecule has 1 aromatic carbocycles. The molecule has 1 fully saturated rings. The Morgan fingerprint density at radius 3 is 2.72 bits per heavy atom. The summed E-state index contributed by atoms with van der Waals surface area (Å²) in [5.41, 5.74) is -0.844. The number of methoxy groups -OCH3 is 1. The Hall–Kier alpha value is -3.74. The van der Waals surface area contributed by atoms with Crippen LogP contribution >= 0.6 is 0 Å². The Kier molecular flexibility index (Phi) is 7.11. The quantitative estimate of drug-likeness (QED) is 0.526. The lowest BCUT2D eigenvalue weighted by molar-refractivity contribution is -0.136. The zero-order valence-electron chi connectivity index (χ0n) is 19.5. The maximum Gasteiger partial charge on any atom is 0.274 e. The zero-order chi connectivity index (χ0) is 26.1. The van der Waals surface area contributed by atoms with Crippen molar-refractivity contribution in [3.8, 4) is 0 Å². The lowest BCUT2D eigenvalue weighted by atomic mass is 9.95. The number of halogens is 3. The van der Waals surface area contributed by atoms with E-state index < -0.39 is 53.7 Å². The molecular weight excluding hydrogens is 485 g/mol. The van der Waals surface area contributed by atoms with E-state index in [4.69, 9.17) is 9.57 Å². The second kappa shape index (κ2) is 10.1. The molecule has 0 saturated carbocycles. The Balaban J connectivity index is 1.63. The van der Waals surface area contributed by atoms with E-state index in [0.717, 1.165) is 0 Å². The number of ether oxygens (including phenoxy) is 1. The number of aliphatic hydroxyl groups is 2. The highest BCUT2D eigenvalue weighted by Crippen LogP contribution is 2.34. The van der Waals surface area contributed by atoms with E-state index in [1.807, 2.05) is 6.92 Å². The minimum atomic E-state index is -1.85. The summed E-state index contributed by atoms with van der Waals surface area (Å²) in [5.74, 6) is -5.67. The number of aliphatic hydroxyl groups excluding tert-OH is 2. The molecule has 3 aliphatic heterocycles. The third-order valence-corrected chi connectivity index (χ3v) is 6.36. The summed E-state index contributed by atoms with van der Waals surface area (Å²) in [4.78, 5) is 34.3. The van der Waals surface area contributed by atoms with Gasteiger partial charge in [-0.1, -0.05) is 5.16 Å². The molecule has 194 valence electrons. The van der Waals surface area contributed by atoms with Crippen LogP contribution in [0.2, 0.25) is 0 Å². The summed E-state index contributed by atoms with van der Waals surface area (Å²) in [6, 6.07) is 0.162. The zero-order valence-corrected chi connectivity index (χ0v) is 19.5. The summed E-state index contributed by atoms with van der Waals surface area (Å²) in [6.07, 6.45) is -0.0239. The average molecular weight is 510 g/mol. The van der Waals surface area contributed by atoms with Gasteiger partial charge in [-0.25, -0.2) is 13.2 Å². The van der Waals surface area contributed by atoms with Crippen molar-refractivity contribution in [1.82, 2.24) is 15.1 Å². The Labute approximate surface area is 204 Å².